The first-order valence-corrected chi connectivity index (χ1v) is 14.2. The highest BCUT2D eigenvalue weighted by Gasteiger charge is 2.46. The average molecular weight is 507 g/mol. The lowest BCUT2D eigenvalue weighted by Gasteiger charge is -2.28. The normalized spacial score (nSPS) is 23.9. The molecule has 4 rings (SSSR count). The molecule has 34 heavy (non-hydrogen) atoms. The van der Waals surface area contributed by atoms with Crippen molar-refractivity contribution in [1.82, 2.24) is 19.2 Å². The fraction of sp³-hybridized carbons (Fsp3) is 0.455. The molecule has 0 spiro atoms. The second kappa shape index (κ2) is 8.81. The van der Waals surface area contributed by atoms with Gasteiger partial charge in [-0.25, -0.2) is 21.6 Å². The Labute approximate surface area is 199 Å². The number of nitrogens with one attached hydrogen (secondary N) is 2. The SMILES string of the molecule is C[C@]1(CS(=O)(=O)N2CC=C(C#Cc3cccc4c3CCN(S(C)(=O)=O)C4)CC2)NC(=O)NC1=O. The molecule has 1 atom stereocenters. The van der Waals surface area contributed by atoms with Gasteiger partial charge in [-0.15, -0.1) is 0 Å². The molecule has 0 aliphatic carbocycles. The predicted octanol–water partition coefficient (Wildman–Crippen LogP) is -0.0842. The van der Waals surface area contributed by atoms with E-state index in [9.17, 15) is 26.4 Å². The molecule has 2 N–H and O–H groups in total. The van der Waals surface area contributed by atoms with Crippen LogP contribution in [0.4, 0.5) is 4.79 Å². The molecule has 0 bridgehead atoms. The molecule has 3 amide bonds. The van der Waals surface area contributed by atoms with E-state index >= 15 is 0 Å². The number of urea groups is 1. The fourth-order valence-corrected chi connectivity index (χ4v) is 6.87. The van der Waals surface area contributed by atoms with E-state index in [-0.39, 0.29) is 13.1 Å². The lowest BCUT2D eigenvalue weighted by Crippen LogP contribution is -2.52. The summed E-state index contributed by atoms with van der Waals surface area (Å²) in [6.07, 6.45) is 3.98. The van der Waals surface area contributed by atoms with Gasteiger partial charge in [0.05, 0.1) is 12.0 Å². The molecule has 0 unspecified atom stereocenters. The van der Waals surface area contributed by atoms with Gasteiger partial charge in [0, 0.05) is 37.3 Å². The molecule has 3 aliphatic rings. The van der Waals surface area contributed by atoms with Crippen LogP contribution in [-0.2, 0) is 37.8 Å². The largest absolute Gasteiger partial charge is 0.322 e. The van der Waals surface area contributed by atoms with Gasteiger partial charge in [-0.2, -0.15) is 8.61 Å². The van der Waals surface area contributed by atoms with Gasteiger partial charge in [0.25, 0.3) is 5.91 Å². The first-order valence-electron chi connectivity index (χ1n) is 10.8. The summed E-state index contributed by atoms with van der Waals surface area (Å²) in [7, 11) is -7.04. The summed E-state index contributed by atoms with van der Waals surface area (Å²) >= 11 is 0. The van der Waals surface area contributed by atoms with Crippen molar-refractivity contribution >= 4 is 32.0 Å². The van der Waals surface area contributed by atoms with Crippen LogP contribution in [-0.4, -0.2) is 74.6 Å². The molecule has 12 heteroatoms. The monoisotopic (exact) mass is 506 g/mol. The quantitative estimate of drug-likeness (QED) is 0.433. The number of rotatable bonds is 4. The molecule has 10 nitrogen and oxygen atoms in total. The van der Waals surface area contributed by atoms with Crippen molar-refractivity contribution in [1.29, 1.82) is 0 Å². The maximum atomic E-state index is 12.8. The first-order chi connectivity index (χ1) is 15.9. The Morgan fingerprint density at radius 3 is 2.41 bits per heavy atom. The average Bonchev–Trinajstić information content (AvgIpc) is 3.01. The molecule has 0 aromatic heterocycles. The van der Waals surface area contributed by atoms with E-state index in [1.807, 2.05) is 18.2 Å². The smallest absolute Gasteiger partial charge is 0.322 e. The second-order valence-corrected chi connectivity index (χ2v) is 12.8. The van der Waals surface area contributed by atoms with Crippen molar-refractivity contribution in [2.45, 2.75) is 31.8 Å². The number of hydrogen-bond donors (Lipinski definition) is 2. The number of carbonyl (C=O) groups excluding carboxylic acids is 2. The zero-order valence-electron chi connectivity index (χ0n) is 18.9. The zero-order valence-corrected chi connectivity index (χ0v) is 20.6. The molecule has 3 aliphatic heterocycles. The number of sulfonamides is 2. The van der Waals surface area contributed by atoms with Crippen molar-refractivity contribution in [3.05, 3.63) is 46.5 Å². The molecule has 0 radical (unpaired) electrons. The van der Waals surface area contributed by atoms with Crippen molar-refractivity contribution in [2.24, 2.45) is 0 Å². The Hall–Kier alpha value is -2.72. The Morgan fingerprint density at radius 2 is 1.79 bits per heavy atom. The highest BCUT2D eigenvalue weighted by atomic mass is 32.2. The van der Waals surface area contributed by atoms with Gasteiger partial charge in [0.1, 0.15) is 5.54 Å². The van der Waals surface area contributed by atoms with E-state index in [2.05, 4.69) is 22.5 Å². The van der Waals surface area contributed by atoms with E-state index in [0.717, 1.165) is 22.3 Å². The number of hydrogen-bond acceptors (Lipinski definition) is 6. The van der Waals surface area contributed by atoms with Crippen LogP contribution in [0.25, 0.3) is 0 Å². The van der Waals surface area contributed by atoms with Crippen LogP contribution in [0.1, 0.15) is 30.0 Å². The number of imide groups is 1. The van der Waals surface area contributed by atoms with Crippen LogP contribution in [0.2, 0.25) is 0 Å². The summed E-state index contributed by atoms with van der Waals surface area (Å²) in [4.78, 5) is 23.4. The molecule has 182 valence electrons. The van der Waals surface area contributed by atoms with E-state index in [0.29, 0.717) is 25.9 Å². The van der Waals surface area contributed by atoms with Crippen LogP contribution in [0.5, 0.6) is 0 Å². The molecule has 3 heterocycles. The standard InChI is InChI=1S/C22H26N4O6S2/c1-22(20(27)23-21(28)24-22)15-34(31,32)25-11-8-16(9-12-25)6-7-17-4-3-5-18-14-26(33(2,29)30)13-10-19(17)18/h3-5,8H,9-15H2,1-2H3,(H2,23,24,27,28)/t22-/m1/s1. The third-order valence-electron chi connectivity index (χ3n) is 6.21. The fourth-order valence-electron chi connectivity index (χ4n) is 4.29. The summed E-state index contributed by atoms with van der Waals surface area (Å²) in [6, 6.07) is 4.97. The lowest BCUT2D eigenvalue weighted by atomic mass is 9.95. The van der Waals surface area contributed by atoms with Crippen LogP contribution in [0, 0.1) is 11.8 Å². The van der Waals surface area contributed by atoms with Gasteiger partial charge in [0.2, 0.25) is 20.0 Å². The van der Waals surface area contributed by atoms with Crippen LogP contribution in [0.15, 0.2) is 29.8 Å². The third-order valence-corrected chi connectivity index (χ3v) is 9.52. The Morgan fingerprint density at radius 1 is 1.06 bits per heavy atom. The summed E-state index contributed by atoms with van der Waals surface area (Å²) in [5.74, 6) is 5.12. The molecule has 1 fully saturated rings. The van der Waals surface area contributed by atoms with Crippen LogP contribution in [0.3, 0.4) is 0 Å². The Bertz CT molecular complexity index is 1360. The summed E-state index contributed by atoms with van der Waals surface area (Å²) in [6.45, 7) is 2.49. The molecule has 1 aromatic rings. The number of nitrogens with zero attached hydrogens (tertiary/aromatic N) is 2. The molecule has 0 saturated carbocycles. The Balaban J connectivity index is 1.45. The van der Waals surface area contributed by atoms with Gasteiger partial charge in [0.15, 0.2) is 0 Å². The Kier molecular flexibility index (Phi) is 6.32. The maximum absolute atomic E-state index is 12.8. The van der Waals surface area contributed by atoms with Crippen molar-refractivity contribution in [2.75, 3.05) is 31.6 Å². The third kappa shape index (κ3) is 5.02. The highest BCUT2D eigenvalue weighted by molar-refractivity contribution is 7.89. The van der Waals surface area contributed by atoms with Gasteiger partial charge < -0.3 is 5.32 Å². The van der Waals surface area contributed by atoms with E-state index in [4.69, 9.17) is 0 Å². The molecule has 1 aromatic carbocycles. The minimum absolute atomic E-state index is 0.133. The number of carbonyl (C=O) groups is 2. The molecule has 1 saturated heterocycles. The number of benzene rings is 1. The van der Waals surface area contributed by atoms with Crippen LogP contribution < -0.4 is 10.6 Å². The van der Waals surface area contributed by atoms with E-state index in [1.165, 1.54) is 21.8 Å². The van der Waals surface area contributed by atoms with Crippen LogP contribution >= 0.6 is 0 Å². The minimum atomic E-state index is -3.79. The highest BCUT2D eigenvalue weighted by Crippen LogP contribution is 2.24. The van der Waals surface area contributed by atoms with Gasteiger partial charge in [-0.3, -0.25) is 10.1 Å². The summed E-state index contributed by atoms with van der Waals surface area (Å²) in [5, 5.41) is 4.45. The first kappa shape index (κ1) is 24.4. The predicted molar refractivity (Wildman–Crippen MR) is 125 cm³/mol. The van der Waals surface area contributed by atoms with E-state index < -0.39 is 43.3 Å². The second-order valence-electron chi connectivity index (χ2n) is 8.87. The molecular formula is C22H26N4O6S2. The minimum Gasteiger partial charge on any atom is -0.322 e. The zero-order chi connectivity index (χ0) is 24.7. The summed E-state index contributed by atoms with van der Waals surface area (Å²) < 4.78 is 52.1. The van der Waals surface area contributed by atoms with Gasteiger partial charge in [-0.05, 0) is 37.0 Å². The van der Waals surface area contributed by atoms with Gasteiger partial charge >= 0.3 is 6.03 Å². The van der Waals surface area contributed by atoms with Gasteiger partial charge in [-0.1, -0.05) is 30.0 Å². The lowest BCUT2D eigenvalue weighted by molar-refractivity contribution is -0.122. The van der Waals surface area contributed by atoms with Crippen molar-refractivity contribution in [3.63, 3.8) is 0 Å². The number of amides is 3. The van der Waals surface area contributed by atoms with E-state index in [1.54, 1.807) is 6.08 Å². The summed E-state index contributed by atoms with van der Waals surface area (Å²) in [5.41, 5.74) is 2.14. The van der Waals surface area contributed by atoms with Crippen molar-refractivity contribution in [3.8, 4) is 11.8 Å². The van der Waals surface area contributed by atoms with Crippen molar-refractivity contribution < 1.29 is 26.4 Å². The number of fused-ring (bicyclic) bond motifs is 1. The topological polar surface area (TPSA) is 133 Å². The molecular weight excluding hydrogens is 480 g/mol. The maximum Gasteiger partial charge on any atom is 0.322 e.